The van der Waals surface area contributed by atoms with E-state index in [9.17, 15) is 4.79 Å². The Kier molecular flexibility index (Phi) is 7.10. The summed E-state index contributed by atoms with van der Waals surface area (Å²) >= 11 is 1.68. The van der Waals surface area contributed by atoms with Crippen LogP contribution in [0.25, 0.3) is 0 Å². The van der Waals surface area contributed by atoms with Crippen LogP contribution >= 0.6 is 11.8 Å². The van der Waals surface area contributed by atoms with Crippen LogP contribution in [0, 0.1) is 0 Å². The Morgan fingerprint density at radius 3 is 2.19 bits per heavy atom. The predicted molar refractivity (Wildman–Crippen MR) is 88.2 cm³/mol. The molecule has 1 N–H and O–H groups in total. The van der Waals surface area contributed by atoms with E-state index in [4.69, 9.17) is 5.11 Å². The van der Waals surface area contributed by atoms with Gasteiger partial charge < -0.3 is 10.0 Å². The molecule has 0 bridgehead atoms. The maximum Gasteiger partial charge on any atom is 0.232 e. The molecular weight excluding hydrogens is 282 g/mol. The minimum Gasteiger partial charge on any atom is -0.392 e. The summed E-state index contributed by atoms with van der Waals surface area (Å²) in [6, 6.07) is 7.93. The molecule has 1 saturated heterocycles. The van der Waals surface area contributed by atoms with Crippen molar-refractivity contribution in [2.45, 2.75) is 44.5 Å². The van der Waals surface area contributed by atoms with Crippen LogP contribution < -0.4 is 0 Å². The number of aliphatic hydroxyl groups is 1. The fourth-order valence-electron chi connectivity index (χ4n) is 2.59. The minimum absolute atomic E-state index is 0.0842. The van der Waals surface area contributed by atoms with Gasteiger partial charge in [-0.2, -0.15) is 0 Å². The maximum atomic E-state index is 12.2. The molecule has 21 heavy (non-hydrogen) atoms. The highest BCUT2D eigenvalue weighted by molar-refractivity contribution is 7.99. The molecule has 1 amide bonds. The molecule has 0 spiro atoms. The third-order valence-electron chi connectivity index (χ3n) is 3.91. The van der Waals surface area contributed by atoms with Crippen molar-refractivity contribution in [3.8, 4) is 0 Å². The Morgan fingerprint density at radius 2 is 1.57 bits per heavy atom. The third kappa shape index (κ3) is 5.71. The number of benzene rings is 1. The van der Waals surface area contributed by atoms with Gasteiger partial charge in [-0.1, -0.05) is 43.5 Å². The maximum absolute atomic E-state index is 12.2. The second kappa shape index (κ2) is 9.11. The van der Waals surface area contributed by atoms with Gasteiger partial charge in [0.2, 0.25) is 5.91 Å². The summed E-state index contributed by atoms with van der Waals surface area (Å²) in [7, 11) is 0. The summed E-state index contributed by atoms with van der Waals surface area (Å²) in [5.41, 5.74) is 2.14. The normalized spacial score (nSPS) is 16.3. The average molecular weight is 307 g/mol. The molecule has 0 radical (unpaired) electrons. The van der Waals surface area contributed by atoms with Gasteiger partial charge in [0, 0.05) is 18.8 Å². The zero-order valence-electron chi connectivity index (χ0n) is 12.6. The molecule has 1 aliphatic heterocycles. The fourth-order valence-corrected chi connectivity index (χ4v) is 3.47. The molecule has 0 unspecified atom stereocenters. The Bertz CT molecular complexity index is 425. The molecule has 2 rings (SSSR count). The number of amides is 1. The van der Waals surface area contributed by atoms with Crippen molar-refractivity contribution in [2.24, 2.45) is 0 Å². The zero-order valence-corrected chi connectivity index (χ0v) is 13.4. The van der Waals surface area contributed by atoms with E-state index in [-0.39, 0.29) is 12.5 Å². The number of rotatable bonds is 5. The predicted octanol–water partition coefficient (Wildman–Crippen LogP) is 3.20. The third-order valence-corrected chi connectivity index (χ3v) is 4.90. The van der Waals surface area contributed by atoms with E-state index < -0.39 is 0 Å². The van der Waals surface area contributed by atoms with E-state index in [1.54, 1.807) is 11.8 Å². The van der Waals surface area contributed by atoms with Crippen LogP contribution in [0.15, 0.2) is 24.3 Å². The summed E-state index contributed by atoms with van der Waals surface area (Å²) in [6.45, 7) is 1.95. The fraction of sp³-hybridized carbons (Fsp3) is 0.588. The van der Waals surface area contributed by atoms with Crippen molar-refractivity contribution >= 4 is 17.7 Å². The van der Waals surface area contributed by atoms with Gasteiger partial charge in [0.05, 0.1) is 12.4 Å². The van der Waals surface area contributed by atoms with Crippen molar-refractivity contribution in [3.63, 3.8) is 0 Å². The summed E-state index contributed by atoms with van der Waals surface area (Å²) in [4.78, 5) is 14.3. The van der Waals surface area contributed by atoms with Crippen LogP contribution in [0.3, 0.4) is 0 Å². The monoisotopic (exact) mass is 307 g/mol. The standard InChI is InChI=1S/C17H25NO2S/c19-12-15-6-8-16(9-7-15)13-21-14-17(20)18-10-4-2-1-3-5-11-18/h6-9,19H,1-5,10-14H2. The quantitative estimate of drug-likeness (QED) is 0.908. The van der Waals surface area contributed by atoms with E-state index in [0.29, 0.717) is 5.75 Å². The first-order chi connectivity index (χ1) is 10.3. The highest BCUT2D eigenvalue weighted by atomic mass is 32.2. The van der Waals surface area contributed by atoms with Gasteiger partial charge in [-0.3, -0.25) is 4.79 Å². The molecule has 1 aromatic carbocycles. The van der Waals surface area contributed by atoms with Crippen molar-refractivity contribution in [2.75, 3.05) is 18.8 Å². The van der Waals surface area contributed by atoms with Gasteiger partial charge in [0.1, 0.15) is 0 Å². The van der Waals surface area contributed by atoms with Crippen molar-refractivity contribution in [3.05, 3.63) is 35.4 Å². The van der Waals surface area contributed by atoms with E-state index in [1.807, 2.05) is 29.2 Å². The lowest BCUT2D eigenvalue weighted by Gasteiger charge is -2.24. The average Bonchev–Trinajstić information content (AvgIpc) is 2.47. The molecule has 1 fully saturated rings. The van der Waals surface area contributed by atoms with Crippen LogP contribution in [0.5, 0.6) is 0 Å². The molecule has 116 valence electrons. The lowest BCUT2D eigenvalue weighted by atomic mass is 10.1. The SMILES string of the molecule is O=C(CSCc1ccc(CO)cc1)N1CCCCCCC1. The molecule has 0 saturated carbocycles. The Labute approximate surface area is 131 Å². The summed E-state index contributed by atoms with van der Waals surface area (Å²) in [6.07, 6.45) is 6.14. The number of hydrogen-bond acceptors (Lipinski definition) is 3. The van der Waals surface area contributed by atoms with Crippen LogP contribution in [0.1, 0.15) is 43.2 Å². The first kappa shape index (κ1) is 16.4. The second-order valence-electron chi connectivity index (χ2n) is 5.62. The Hall–Kier alpha value is -1.00. The van der Waals surface area contributed by atoms with Gasteiger partial charge in [0.15, 0.2) is 0 Å². The first-order valence-corrected chi connectivity index (χ1v) is 8.99. The number of aliphatic hydroxyl groups excluding tert-OH is 1. The van der Waals surface area contributed by atoms with Gasteiger partial charge in [-0.15, -0.1) is 11.8 Å². The van der Waals surface area contributed by atoms with Crippen LogP contribution in [-0.4, -0.2) is 34.8 Å². The molecular formula is C17H25NO2S. The van der Waals surface area contributed by atoms with Gasteiger partial charge in [-0.05, 0) is 24.0 Å². The highest BCUT2D eigenvalue weighted by Gasteiger charge is 2.14. The molecule has 1 aliphatic rings. The van der Waals surface area contributed by atoms with E-state index >= 15 is 0 Å². The smallest absolute Gasteiger partial charge is 0.232 e. The number of hydrogen-bond donors (Lipinski definition) is 1. The summed E-state index contributed by atoms with van der Waals surface area (Å²) < 4.78 is 0. The van der Waals surface area contributed by atoms with E-state index in [1.165, 1.54) is 24.8 Å². The molecule has 0 atom stereocenters. The van der Waals surface area contributed by atoms with E-state index in [2.05, 4.69) is 0 Å². The van der Waals surface area contributed by atoms with Crippen LogP contribution in [-0.2, 0) is 17.2 Å². The van der Waals surface area contributed by atoms with Crippen molar-refractivity contribution in [1.82, 2.24) is 4.90 Å². The Balaban J connectivity index is 1.72. The van der Waals surface area contributed by atoms with Crippen molar-refractivity contribution < 1.29 is 9.90 Å². The Morgan fingerprint density at radius 1 is 1.00 bits per heavy atom. The number of thioether (sulfide) groups is 1. The number of carbonyl (C=O) groups excluding carboxylic acids is 1. The minimum atomic E-state index is 0.0842. The van der Waals surface area contributed by atoms with Crippen molar-refractivity contribution in [1.29, 1.82) is 0 Å². The summed E-state index contributed by atoms with van der Waals surface area (Å²) in [5.74, 6) is 1.71. The summed E-state index contributed by atoms with van der Waals surface area (Å²) in [5, 5.41) is 9.01. The van der Waals surface area contributed by atoms with Gasteiger partial charge in [-0.25, -0.2) is 0 Å². The van der Waals surface area contributed by atoms with Gasteiger partial charge in [0.25, 0.3) is 0 Å². The topological polar surface area (TPSA) is 40.5 Å². The zero-order chi connectivity index (χ0) is 14.9. The molecule has 1 aromatic rings. The number of nitrogens with zero attached hydrogens (tertiary/aromatic N) is 1. The molecule has 1 heterocycles. The lowest BCUT2D eigenvalue weighted by molar-refractivity contribution is -0.128. The largest absolute Gasteiger partial charge is 0.392 e. The van der Waals surface area contributed by atoms with Gasteiger partial charge >= 0.3 is 0 Å². The lowest BCUT2D eigenvalue weighted by Crippen LogP contribution is -2.35. The van der Waals surface area contributed by atoms with Crippen LogP contribution in [0.4, 0.5) is 0 Å². The molecule has 3 nitrogen and oxygen atoms in total. The van der Waals surface area contributed by atoms with Crippen LogP contribution in [0.2, 0.25) is 0 Å². The second-order valence-corrected chi connectivity index (χ2v) is 6.60. The first-order valence-electron chi connectivity index (χ1n) is 7.84. The number of likely N-dealkylation sites (tertiary alicyclic amines) is 1. The highest BCUT2D eigenvalue weighted by Crippen LogP contribution is 2.16. The molecule has 0 aromatic heterocycles. The molecule has 4 heteroatoms. The van der Waals surface area contributed by atoms with E-state index in [0.717, 1.165) is 37.2 Å². The number of carbonyl (C=O) groups is 1. The molecule has 0 aliphatic carbocycles.